The number of Topliss-reactive ketones (excluding diaryl/α,β-unsaturated/α-hetero) is 1. The summed E-state index contributed by atoms with van der Waals surface area (Å²) in [6.07, 6.45) is 2.70. The van der Waals surface area contributed by atoms with Crippen molar-refractivity contribution in [1.82, 2.24) is 0 Å². The van der Waals surface area contributed by atoms with Gasteiger partial charge in [0.25, 0.3) is 0 Å². The Morgan fingerprint density at radius 1 is 1.33 bits per heavy atom. The van der Waals surface area contributed by atoms with Gasteiger partial charge in [0.1, 0.15) is 17.4 Å². The average molecular weight is 210 g/mol. The highest BCUT2D eigenvalue weighted by atomic mass is 19.1. The molecule has 1 aliphatic rings. The number of hydrogen-bond donors (Lipinski definition) is 0. The Hall–Kier alpha value is -1.25. The number of benzene rings is 1. The van der Waals surface area contributed by atoms with Gasteiger partial charge in [0.2, 0.25) is 0 Å². The SMILES string of the molecule is O=C(CCc1ccc(F)cc1F)C1CC1. The molecule has 0 N–H and O–H groups in total. The largest absolute Gasteiger partial charge is 0.299 e. The van der Waals surface area contributed by atoms with Crippen molar-refractivity contribution in [2.45, 2.75) is 25.7 Å². The number of halogens is 2. The van der Waals surface area contributed by atoms with Crippen LogP contribution >= 0.6 is 0 Å². The van der Waals surface area contributed by atoms with Crippen molar-refractivity contribution < 1.29 is 13.6 Å². The summed E-state index contributed by atoms with van der Waals surface area (Å²) in [4.78, 5) is 11.4. The molecule has 0 saturated heterocycles. The van der Waals surface area contributed by atoms with Crippen molar-refractivity contribution in [3.05, 3.63) is 35.4 Å². The van der Waals surface area contributed by atoms with E-state index < -0.39 is 11.6 Å². The normalized spacial score (nSPS) is 15.3. The Kier molecular flexibility index (Phi) is 2.80. The smallest absolute Gasteiger partial charge is 0.136 e. The number of carbonyl (C=O) groups is 1. The van der Waals surface area contributed by atoms with Gasteiger partial charge in [-0.15, -0.1) is 0 Å². The highest BCUT2D eigenvalue weighted by Crippen LogP contribution is 2.31. The molecular formula is C12H12F2O. The molecule has 0 aromatic heterocycles. The van der Waals surface area contributed by atoms with Crippen LogP contribution in [0.25, 0.3) is 0 Å². The van der Waals surface area contributed by atoms with E-state index in [2.05, 4.69) is 0 Å². The van der Waals surface area contributed by atoms with Crippen LogP contribution in [0, 0.1) is 17.6 Å². The molecule has 0 bridgehead atoms. The summed E-state index contributed by atoms with van der Waals surface area (Å²) in [6, 6.07) is 3.49. The predicted molar refractivity (Wildman–Crippen MR) is 52.4 cm³/mol. The third-order valence-electron chi connectivity index (χ3n) is 2.69. The van der Waals surface area contributed by atoms with Crippen LogP contribution in [0.5, 0.6) is 0 Å². The summed E-state index contributed by atoms with van der Waals surface area (Å²) in [6.45, 7) is 0. The fraction of sp³-hybridized carbons (Fsp3) is 0.417. The molecule has 0 amide bonds. The second kappa shape index (κ2) is 4.09. The first-order chi connectivity index (χ1) is 7.16. The van der Waals surface area contributed by atoms with E-state index in [1.165, 1.54) is 12.1 Å². The second-order valence-corrected chi connectivity index (χ2v) is 3.98. The molecule has 0 atom stereocenters. The van der Waals surface area contributed by atoms with Crippen LogP contribution in [-0.4, -0.2) is 5.78 Å². The maximum atomic E-state index is 13.2. The first kappa shape index (κ1) is 10.3. The van der Waals surface area contributed by atoms with E-state index in [1.54, 1.807) is 0 Å². The first-order valence-corrected chi connectivity index (χ1v) is 5.13. The molecule has 1 nitrogen and oxygen atoms in total. The molecule has 1 aromatic carbocycles. The lowest BCUT2D eigenvalue weighted by Gasteiger charge is -2.02. The van der Waals surface area contributed by atoms with E-state index in [-0.39, 0.29) is 11.7 Å². The van der Waals surface area contributed by atoms with Crippen molar-refractivity contribution in [3.63, 3.8) is 0 Å². The summed E-state index contributed by atoms with van der Waals surface area (Å²) in [5.74, 6) is -0.712. The summed E-state index contributed by atoms with van der Waals surface area (Å²) in [5.41, 5.74) is 0.422. The molecule has 3 heteroatoms. The van der Waals surface area contributed by atoms with Crippen molar-refractivity contribution in [3.8, 4) is 0 Å². The van der Waals surface area contributed by atoms with Gasteiger partial charge in [-0.05, 0) is 30.9 Å². The highest BCUT2D eigenvalue weighted by Gasteiger charge is 2.28. The van der Waals surface area contributed by atoms with Gasteiger partial charge in [-0.3, -0.25) is 4.79 Å². The van der Waals surface area contributed by atoms with E-state index in [4.69, 9.17) is 0 Å². The van der Waals surface area contributed by atoms with E-state index in [9.17, 15) is 13.6 Å². The minimum Gasteiger partial charge on any atom is -0.299 e. The van der Waals surface area contributed by atoms with Crippen LogP contribution in [-0.2, 0) is 11.2 Å². The van der Waals surface area contributed by atoms with Crippen molar-refractivity contribution in [2.24, 2.45) is 5.92 Å². The zero-order chi connectivity index (χ0) is 10.8. The van der Waals surface area contributed by atoms with Crippen molar-refractivity contribution in [2.75, 3.05) is 0 Å². The summed E-state index contributed by atoms with van der Waals surface area (Å²) in [7, 11) is 0. The van der Waals surface area contributed by atoms with Crippen LogP contribution in [0.15, 0.2) is 18.2 Å². The Morgan fingerprint density at radius 3 is 2.67 bits per heavy atom. The van der Waals surface area contributed by atoms with Gasteiger partial charge in [0, 0.05) is 18.4 Å². The molecule has 0 radical (unpaired) electrons. The molecule has 2 rings (SSSR count). The Morgan fingerprint density at radius 2 is 2.07 bits per heavy atom. The number of rotatable bonds is 4. The maximum absolute atomic E-state index is 13.2. The number of aryl methyl sites for hydroxylation is 1. The van der Waals surface area contributed by atoms with Gasteiger partial charge in [-0.1, -0.05) is 6.07 Å². The van der Waals surface area contributed by atoms with Gasteiger partial charge in [-0.25, -0.2) is 8.78 Å². The highest BCUT2D eigenvalue weighted by molar-refractivity contribution is 5.83. The molecule has 1 aliphatic carbocycles. The third kappa shape index (κ3) is 2.61. The summed E-state index contributed by atoms with van der Waals surface area (Å²) >= 11 is 0. The van der Waals surface area contributed by atoms with Crippen LogP contribution in [0.3, 0.4) is 0 Å². The van der Waals surface area contributed by atoms with Crippen LogP contribution < -0.4 is 0 Å². The Bertz CT molecular complexity index is 383. The lowest BCUT2D eigenvalue weighted by molar-refractivity contribution is -0.120. The summed E-state index contributed by atoms with van der Waals surface area (Å²) < 4.78 is 25.7. The lowest BCUT2D eigenvalue weighted by atomic mass is 10.1. The van der Waals surface area contributed by atoms with Gasteiger partial charge < -0.3 is 0 Å². The second-order valence-electron chi connectivity index (χ2n) is 3.98. The number of hydrogen-bond acceptors (Lipinski definition) is 1. The standard InChI is InChI=1S/C12H12F2O/c13-10-5-3-8(11(14)7-10)4-6-12(15)9-1-2-9/h3,5,7,9H,1-2,4,6H2. The quantitative estimate of drug-likeness (QED) is 0.746. The average Bonchev–Trinajstić information content (AvgIpc) is 2.99. The molecular weight excluding hydrogens is 198 g/mol. The minimum atomic E-state index is -0.579. The molecule has 1 fully saturated rings. The lowest BCUT2D eigenvalue weighted by Crippen LogP contribution is -2.03. The molecule has 80 valence electrons. The predicted octanol–water partition coefficient (Wildman–Crippen LogP) is 2.88. The zero-order valence-electron chi connectivity index (χ0n) is 8.30. The maximum Gasteiger partial charge on any atom is 0.136 e. The van der Waals surface area contributed by atoms with Gasteiger partial charge in [0.15, 0.2) is 0 Å². The summed E-state index contributed by atoms with van der Waals surface area (Å²) in [5, 5.41) is 0. The molecule has 1 aromatic rings. The Labute approximate surface area is 87.1 Å². The third-order valence-corrected chi connectivity index (χ3v) is 2.69. The van der Waals surface area contributed by atoms with Gasteiger partial charge >= 0.3 is 0 Å². The zero-order valence-corrected chi connectivity index (χ0v) is 8.30. The van der Waals surface area contributed by atoms with Gasteiger partial charge in [0.05, 0.1) is 0 Å². The van der Waals surface area contributed by atoms with Crippen LogP contribution in [0.4, 0.5) is 8.78 Å². The molecule has 0 heterocycles. The van der Waals surface area contributed by atoms with Crippen molar-refractivity contribution in [1.29, 1.82) is 0 Å². The topological polar surface area (TPSA) is 17.1 Å². The van der Waals surface area contributed by atoms with E-state index in [1.807, 2.05) is 0 Å². The first-order valence-electron chi connectivity index (χ1n) is 5.13. The fourth-order valence-electron chi connectivity index (χ4n) is 1.59. The van der Waals surface area contributed by atoms with E-state index in [0.29, 0.717) is 18.4 Å². The van der Waals surface area contributed by atoms with E-state index in [0.717, 1.165) is 18.9 Å². The Balaban J connectivity index is 1.95. The molecule has 0 unspecified atom stereocenters. The van der Waals surface area contributed by atoms with Crippen LogP contribution in [0.2, 0.25) is 0 Å². The van der Waals surface area contributed by atoms with Crippen molar-refractivity contribution >= 4 is 5.78 Å². The van der Waals surface area contributed by atoms with E-state index >= 15 is 0 Å². The number of carbonyl (C=O) groups excluding carboxylic acids is 1. The molecule has 15 heavy (non-hydrogen) atoms. The van der Waals surface area contributed by atoms with Crippen LogP contribution in [0.1, 0.15) is 24.8 Å². The molecule has 0 aliphatic heterocycles. The minimum absolute atomic E-state index is 0.207. The van der Waals surface area contributed by atoms with Gasteiger partial charge in [-0.2, -0.15) is 0 Å². The molecule has 0 spiro atoms. The monoisotopic (exact) mass is 210 g/mol. The number of ketones is 1. The fourth-order valence-corrected chi connectivity index (χ4v) is 1.59. The molecule has 1 saturated carbocycles.